The summed E-state index contributed by atoms with van der Waals surface area (Å²) in [6.07, 6.45) is 3.99. The van der Waals surface area contributed by atoms with E-state index < -0.39 is 0 Å². The number of rotatable bonds is 4. The van der Waals surface area contributed by atoms with E-state index in [2.05, 4.69) is 25.8 Å². The van der Waals surface area contributed by atoms with E-state index in [0.29, 0.717) is 16.4 Å². The Morgan fingerprint density at radius 1 is 1.44 bits per heavy atom. The van der Waals surface area contributed by atoms with E-state index in [-0.39, 0.29) is 5.91 Å². The minimum Gasteiger partial charge on any atom is -0.386 e. The van der Waals surface area contributed by atoms with Crippen molar-refractivity contribution in [2.75, 3.05) is 17.7 Å². The van der Waals surface area contributed by atoms with Gasteiger partial charge in [0.2, 0.25) is 5.13 Å². The van der Waals surface area contributed by atoms with Crippen LogP contribution >= 0.6 is 11.3 Å². The molecule has 0 saturated carbocycles. The zero-order chi connectivity index (χ0) is 13.0. The highest BCUT2D eigenvalue weighted by atomic mass is 32.1. The number of anilines is 2. The van der Waals surface area contributed by atoms with Gasteiger partial charge in [-0.3, -0.25) is 15.1 Å². The van der Waals surface area contributed by atoms with Gasteiger partial charge < -0.3 is 5.32 Å². The van der Waals surface area contributed by atoms with Gasteiger partial charge in [-0.2, -0.15) is 0 Å². The Kier molecular flexibility index (Phi) is 3.83. The van der Waals surface area contributed by atoms with Crippen LogP contribution in [0.2, 0.25) is 0 Å². The Hall–Kier alpha value is -2.02. The molecular weight excluding hydrogens is 250 g/mol. The summed E-state index contributed by atoms with van der Waals surface area (Å²) >= 11 is 1.38. The van der Waals surface area contributed by atoms with Gasteiger partial charge in [0.15, 0.2) is 0 Å². The van der Waals surface area contributed by atoms with Crippen molar-refractivity contribution in [3.8, 4) is 0 Å². The normalized spacial score (nSPS) is 10.1. The second kappa shape index (κ2) is 5.54. The zero-order valence-corrected chi connectivity index (χ0v) is 10.9. The fourth-order valence-corrected chi connectivity index (χ4v) is 2.08. The fraction of sp³-hybridized carbons (Fsp3) is 0.273. The molecule has 0 aliphatic rings. The third-order valence-electron chi connectivity index (χ3n) is 2.32. The molecule has 0 saturated heterocycles. The van der Waals surface area contributed by atoms with Gasteiger partial charge in [-0.25, -0.2) is 0 Å². The number of nitrogens with one attached hydrogen (secondary N) is 2. The molecule has 2 aromatic rings. The van der Waals surface area contributed by atoms with Crippen LogP contribution in [0.25, 0.3) is 0 Å². The molecule has 0 fully saturated rings. The molecule has 7 heteroatoms. The molecule has 1 amide bonds. The molecule has 94 valence electrons. The summed E-state index contributed by atoms with van der Waals surface area (Å²) in [6, 6.07) is 1.66. The highest BCUT2D eigenvalue weighted by Gasteiger charge is 2.12. The highest BCUT2D eigenvalue weighted by molar-refractivity contribution is 7.15. The molecule has 2 heterocycles. The Balaban J connectivity index is 2.16. The predicted octanol–water partition coefficient (Wildman–Crippen LogP) is 1.79. The van der Waals surface area contributed by atoms with Crippen molar-refractivity contribution in [2.24, 2.45) is 0 Å². The Labute approximate surface area is 108 Å². The molecule has 0 aliphatic carbocycles. The van der Waals surface area contributed by atoms with Crippen LogP contribution in [0.3, 0.4) is 0 Å². The smallest absolute Gasteiger partial charge is 0.259 e. The zero-order valence-electron chi connectivity index (χ0n) is 10.1. The number of hydrogen-bond donors (Lipinski definition) is 2. The topological polar surface area (TPSA) is 79.8 Å². The number of pyridine rings is 1. The van der Waals surface area contributed by atoms with Crippen molar-refractivity contribution in [3.63, 3.8) is 0 Å². The number of carbonyl (C=O) groups excluding carboxylic acids is 1. The van der Waals surface area contributed by atoms with E-state index in [1.165, 1.54) is 11.3 Å². The molecule has 2 aromatic heterocycles. The second-order valence-corrected chi connectivity index (χ2v) is 4.54. The van der Waals surface area contributed by atoms with Crippen LogP contribution in [0.4, 0.5) is 10.8 Å². The molecule has 0 atom stereocenters. The first-order valence-electron chi connectivity index (χ1n) is 5.50. The lowest BCUT2D eigenvalue weighted by Crippen LogP contribution is -2.14. The van der Waals surface area contributed by atoms with Crippen molar-refractivity contribution in [2.45, 2.75) is 13.3 Å². The van der Waals surface area contributed by atoms with Crippen LogP contribution in [0, 0.1) is 0 Å². The lowest BCUT2D eigenvalue weighted by molar-refractivity contribution is 0.102. The average Bonchev–Trinajstić information content (AvgIpc) is 2.86. The van der Waals surface area contributed by atoms with Gasteiger partial charge in [0, 0.05) is 13.2 Å². The van der Waals surface area contributed by atoms with Gasteiger partial charge in [-0.05, 0) is 12.5 Å². The summed E-state index contributed by atoms with van der Waals surface area (Å²) < 4.78 is 0. The van der Waals surface area contributed by atoms with Crippen molar-refractivity contribution in [3.05, 3.63) is 29.0 Å². The summed E-state index contributed by atoms with van der Waals surface area (Å²) in [5.41, 5.74) is 1.20. The van der Waals surface area contributed by atoms with Gasteiger partial charge in [-0.1, -0.05) is 18.3 Å². The van der Waals surface area contributed by atoms with E-state index in [0.717, 1.165) is 11.4 Å². The third-order valence-corrected chi connectivity index (χ3v) is 3.31. The van der Waals surface area contributed by atoms with E-state index in [9.17, 15) is 4.79 Å². The van der Waals surface area contributed by atoms with E-state index in [4.69, 9.17) is 0 Å². The van der Waals surface area contributed by atoms with Gasteiger partial charge >= 0.3 is 0 Å². The molecule has 0 aromatic carbocycles. The molecular formula is C11H13N5OS. The number of carbonyl (C=O) groups is 1. The van der Waals surface area contributed by atoms with Crippen molar-refractivity contribution < 1.29 is 4.79 Å². The first-order valence-corrected chi connectivity index (χ1v) is 6.31. The first kappa shape index (κ1) is 12.4. The Morgan fingerprint density at radius 3 is 2.94 bits per heavy atom. The lowest BCUT2D eigenvalue weighted by atomic mass is 10.2. The van der Waals surface area contributed by atoms with E-state index in [1.54, 1.807) is 25.5 Å². The molecule has 6 nitrogen and oxygen atoms in total. The third kappa shape index (κ3) is 2.62. The molecule has 18 heavy (non-hydrogen) atoms. The largest absolute Gasteiger partial charge is 0.386 e. The van der Waals surface area contributed by atoms with E-state index in [1.807, 2.05) is 6.92 Å². The maximum atomic E-state index is 12.1. The molecule has 0 aliphatic heterocycles. The summed E-state index contributed by atoms with van der Waals surface area (Å²) in [4.78, 5) is 16.0. The van der Waals surface area contributed by atoms with Gasteiger partial charge in [0.05, 0.1) is 17.4 Å². The first-order chi connectivity index (χ1) is 8.74. The molecule has 0 radical (unpaired) electrons. The SMILES string of the molecule is CCc1nnc(NC(=O)c2ccncc2NC)s1. The Bertz CT molecular complexity index is 554. The molecule has 0 spiro atoms. The summed E-state index contributed by atoms with van der Waals surface area (Å²) in [5.74, 6) is -0.222. The minimum atomic E-state index is -0.222. The fourth-order valence-electron chi connectivity index (χ4n) is 1.40. The molecule has 2 N–H and O–H groups in total. The van der Waals surface area contributed by atoms with Crippen molar-refractivity contribution in [1.29, 1.82) is 0 Å². The quantitative estimate of drug-likeness (QED) is 0.879. The molecule has 2 rings (SSSR count). The van der Waals surface area contributed by atoms with Crippen LogP contribution in [0.15, 0.2) is 18.5 Å². The average molecular weight is 263 g/mol. The summed E-state index contributed by atoms with van der Waals surface area (Å²) in [6.45, 7) is 1.99. The maximum Gasteiger partial charge on any atom is 0.259 e. The van der Waals surface area contributed by atoms with Crippen molar-refractivity contribution >= 4 is 28.1 Å². The monoisotopic (exact) mass is 263 g/mol. The van der Waals surface area contributed by atoms with Crippen LogP contribution in [0.1, 0.15) is 22.3 Å². The van der Waals surface area contributed by atoms with Crippen LogP contribution < -0.4 is 10.6 Å². The van der Waals surface area contributed by atoms with Gasteiger partial charge in [0.1, 0.15) is 5.01 Å². The Morgan fingerprint density at radius 2 is 2.28 bits per heavy atom. The van der Waals surface area contributed by atoms with Gasteiger partial charge in [0.25, 0.3) is 5.91 Å². The number of aromatic nitrogens is 3. The van der Waals surface area contributed by atoms with Crippen LogP contribution in [-0.2, 0) is 6.42 Å². The lowest BCUT2D eigenvalue weighted by Gasteiger charge is -2.06. The number of hydrogen-bond acceptors (Lipinski definition) is 6. The van der Waals surface area contributed by atoms with Crippen molar-refractivity contribution in [1.82, 2.24) is 15.2 Å². The minimum absolute atomic E-state index is 0.222. The number of nitrogens with zero attached hydrogens (tertiary/aromatic N) is 3. The highest BCUT2D eigenvalue weighted by Crippen LogP contribution is 2.18. The maximum absolute atomic E-state index is 12.1. The standard InChI is InChI=1S/C11H13N5OS/c1-3-9-15-16-11(18-9)14-10(17)7-4-5-13-6-8(7)12-2/h4-6,12H,3H2,1-2H3,(H,14,16,17). The van der Waals surface area contributed by atoms with E-state index >= 15 is 0 Å². The molecule has 0 bridgehead atoms. The van der Waals surface area contributed by atoms with Gasteiger partial charge in [-0.15, -0.1) is 10.2 Å². The van der Waals surface area contributed by atoms with Crippen LogP contribution in [-0.4, -0.2) is 28.1 Å². The predicted molar refractivity (Wildman–Crippen MR) is 71.0 cm³/mol. The molecule has 0 unspecified atom stereocenters. The summed E-state index contributed by atoms with van der Waals surface area (Å²) in [5, 5.41) is 14.9. The number of amides is 1. The summed E-state index contributed by atoms with van der Waals surface area (Å²) in [7, 11) is 1.74. The second-order valence-electron chi connectivity index (χ2n) is 3.48. The number of aryl methyl sites for hydroxylation is 1. The van der Waals surface area contributed by atoms with Crippen LogP contribution in [0.5, 0.6) is 0 Å².